The van der Waals surface area contributed by atoms with Gasteiger partial charge in [0.2, 0.25) is 0 Å². The molecule has 0 aliphatic carbocycles. The number of hydrogen-bond donors (Lipinski definition) is 2. The van der Waals surface area contributed by atoms with Crippen molar-refractivity contribution in [3.8, 4) is 11.3 Å². The first kappa shape index (κ1) is 14.7. The molecule has 24 heavy (non-hydrogen) atoms. The normalized spacial score (nSPS) is 15.8. The van der Waals surface area contributed by atoms with Crippen LogP contribution in [0.2, 0.25) is 0 Å². The van der Waals surface area contributed by atoms with E-state index in [0.717, 1.165) is 29.0 Å². The van der Waals surface area contributed by atoms with Gasteiger partial charge in [0, 0.05) is 22.9 Å². The Morgan fingerprint density at radius 3 is 2.42 bits per heavy atom. The van der Waals surface area contributed by atoms with E-state index < -0.39 is 0 Å². The maximum absolute atomic E-state index is 4.72. The standard InChI is InChI=1S/C20H20N4/c1-20(2)13-16-5-3-4-6-17(16)19(23-24-20)15-9-7-14(8-10-15)18-11-12-21-22-18/h3-12,24H,13H2,1-2H3,(H,21,22). The van der Waals surface area contributed by atoms with Gasteiger partial charge in [0.15, 0.2) is 0 Å². The summed E-state index contributed by atoms with van der Waals surface area (Å²) in [6, 6.07) is 18.9. The van der Waals surface area contributed by atoms with Crippen LogP contribution < -0.4 is 5.43 Å². The molecule has 0 unspecified atom stereocenters. The minimum atomic E-state index is -0.0627. The van der Waals surface area contributed by atoms with Crippen molar-refractivity contribution in [3.05, 3.63) is 77.5 Å². The summed E-state index contributed by atoms with van der Waals surface area (Å²) >= 11 is 0. The van der Waals surface area contributed by atoms with Crippen LogP contribution in [-0.2, 0) is 6.42 Å². The third-order valence-electron chi connectivity index (χ3n) is 4.33. The second-order valence-electron chi connectivity index (χ2n) is 6.83. The van der Waals surface area contributed by atoms with Gasteiger partial charge in [0.25, 0.3) is 0 Å². The molecule has 1 aliphatic rings. The molecular weight excluding hydrogens is 296 g/mol. The second kappa shape index (κ2) is 5.64. The Balaban J connectivity index is 1.77. The highest BCUT2D eigenvalue weighted by molar-refractivity contribution is 6.14. The summed E-state index contributed by atoms with van der Waals surface area (Å²) in [6.45, 7) is 4.35. The van der Waals surface area contributed by atoms with E-state index in [-0.39, 0.29) is 5.54 Å². The number of H-pyrrole nitrogens is 1. The Labute approximate surface area is 141 Å². The molecule has 1 aromatic heterocycles. The zero-order valence-corrected chi connectivity index (χ0v) is 13.9. The summed E-state index contributed by atoms with van der Waals surface area (Å²) in [7, 11) is 0. The lowest BCUT2D eigenvalue weighted by molar-refractivity contribution is 0.402. The smallest absolute Gasteiger partial charge is 0.0976 e. The van der Waals surface area contributed by atoms with Crippen molar-refractivity contribution in [2.24, 2.45) is 5.10 Å². The Kier molecular flexibility index (Phi) is 3.45. The number of nitrogens with one attached hydrogen (secondary N) is 2. The SMILES string of the molecule is CC1(C)Cc2ccccc2C(c2ccc(-c3cc[nH]n3)cc2)=NN1. The summed E-state index contributed by atoms with van der Waals surface area (Å²) in [5, 5.41) is 11.8. The number of nitrogens with zero attached hydrogens (tertiary/aromatic N) is 2. The van der Waals surface area contributed by atoms with Crippen molar-refractivity contribution in [1.82, 2.24) is 15.6 Å². The number of rotatable bonds is 2. The van der Waals surface area contributed by atoms with Gasteiger partial charge in [-0.15, -0.1) is 0 Å². The van der Waals surface area contributed by atoms with Crippen molar-refractivity contribution < 1.29 is 0 Å². The fourth-order valence-electron chi connectivity index (χ4n) is 3.13. The topological polar surface area (TPSA) is 53.1 Å². The molecule has 3 aromatic rings. The van der Waals surface area contributed by atoms with E-state index >= 15 is 0 Å². The van der Waals surface area contributed by atoms with Gasteiger partial charge >= 0.3 is 0 Å². The Hall–Kier alpha value is -2.88. The molecule has 4 nitrogen and oxygen atoms in total. The van der Waals surface area contributed by atoms with Crippen molar-refractivity contribution in [1.29, 1.82) is 0 Å². The van der Waals surface area contributed by atoms with Gasteiger partial charge in [0.1, 0.15) is 0 Å². The zero-order valence-electron chi connectivity index (χ0n) is 13.9. The van der Waals surface area contributed by atoms with Crippen molar-refractivity contribution >= 4 is 5.71 Å². The van der Waals surface area contributed by atoms with Crippen LogP contribution in [0.15, 0.2) is 65.9 Å². The average Bonchev–Trinajstić information content (AvgIpc) is 3.07. The average molecular weight is 316 g/mol. The third-order valence-corrected chi connectivity index (χ3v) is 4.33. The second-order valence-corrected chi connectivity index (χ2v) is 6.83. The molecule has 2 aromatic carbocycles. The molecule has 0 atom stereocenters. The van der Waals surface area contributed by atoms with E-state index in [1.54, 1.807) is 0 Å². The van der Waals surface area contributed by atoms with Crippen molar-refractivity contribution in [3.63, 3.8) is 0 Å². The quantitative estimate of drug-likeness (QED) is 0.756. The number of hydrazone groups is 1. The lowest BCUT2D eigenvalue weighted by Crippen LogP contribution is -2.37. The molecule has 120 valence electrons. The number of fused-ring (bicyclic) bond motifs is 1. The molecule has 1 aliphatic heterocycles. The largest absolute Gasteiger partial charge is 0.304 e. The van der Waals surface area contributed by atoms with Crippen LogP contribution in [0.25, 0.3) is 11.3 Å². The summed E-state index contributed by atoms with van der Waals surface area (Å²) < 4.78 is 0. The lowest BCUT2D eigenvalue weighted by Gasteiger charge is -2.22. The fraction of sp³-hybridized carbons (Fsp3) is 0.200. The number of hydrogen-bond acceptors (Lipinski definition) is 3. The first-order valence-electron chi connectivity index (χ1n) is 8.16. The predicted molar refractivity (Wildman–Crippen MR) is 97.0 cm³/mol. The summed E-state index contributed by atoms with van der Waals surface area (Å²) in [6.07, 6.45) is 2.78. The highest BCUT2D eigenvalue weighted by Crippen LogP contribution is 2.25. The van der Waals surface area contributed by atoms with Gasteiger partial charge in [-0.2, -0.15) is 10.2 Å². The van der Waals surface area contributed by atoms with Crippen molar-refractivity contribution in [2.75, 3.05) is 0 Å². The van der Waals surface area contributed by atoms with Crippen LogP contribution in [0.5, 0.6) is 0 Å². The van der Waals surface area contributed by atoms with Crippen LogP contribution >= 0.6 is 0 Å². The molecule has 4 rings (SSSR count). The molecule has 2 N–H and O–H groups in total. The Morgan fingerprint density at radius 1 is 0.917 bits per heavy atom. The van der Waals surface area contributed by atoms with Crippen LogP contribution in [0.1, 0.15) is 30.5 Å². The van der Waals surface area contributed by atoms with E-state index in [4.69, 9.17) is 5.10 Å². The van der Waals surface area contributed by atoms with E-state index in [9.17, 15) is 0 Å². The Bertz CT molecular complexity index is 874. The molecule has 0 saturated carbocycles. The number of aromatic nitrogens is 2. The van der Waals surface area contributed by atoms with Gasteiger partial charge < -0.3 is 5.43 Å². The minimum Gasteiger partial charge on any atom is -0.304 e. The Morgan fingerprint density at radius 2 is 1.67 bits per heavy atom. The minimum absolute atomic E-state index is 0.0627. The number of aromatic amines is 1. The fourth-order valence-corrected chi connectivity index (χ4v) is 3.13. The van der Waals surface area contributed by atoms with Crippen LogP contribution in [0.4, 0.5) is 0 Å². The maximum Gasteiger partial charge on any atom is 0.0976 e. The van der Waals surface area contributed by atoms with Gasteiger partial charge in [-0.1, -0.05) is 48.5 Å². The van der Waals surface area contributed by atoms with Gasteiger partial charge in [-0.25, -0.2) is 0 Å². The first-order valence-corrected chi connectivity index (χ1v) is 8.16. The summed E-state index contributed by atoms with van der Waals surface area (Å²) in [5.41, 5.74) is 9.92. The lowest BCUT2D eigenvalue weighted by atomic mass is 9.90. The highest BCUT2D eigenvalue weighted by atomic mass is 15.3. The molecule has 0 fully saturated rings. The molecule has 0 amide bonds. The molecule has 0 saturated heterocycles. The first-order chi connectivity index (χ1) is 11.6. The third kappa shape index (κ3) is 2.71. The molecule has 2 heterocycles. The monoisotopic (exact) mass is 316 g/mol. The summed E-state index contributed by atoms with van der Waals surface area (Å²) in [5.74, 6) is 0. The molecule has 0 spiro atoms. The van der Waals surface area contributed by atoms with Crippen LogP contribution in [0, 0.1) is 0 Å². The number of benzene rings is 2. The van der Waals surface area contributed by atoms with E-state index in [0.29, 0.717) is 0 Å². The van der Waals surface area contributed by atoms with Gasteiger partial charge in [-0.05, 0) is 31.9 Å². The van der Waals surface area contributed by atoms with Gasteiger partial charge in [0.05, 0.1) is 16.9 Å². The highest BCUT2D eigenvalue weighted by Gasteiger charge is 2.24. The predicted octanol–water partition coefficient (Wildman–Crippen LogP) is 3.75. The van der Waals surface area contributed by atoms with Gasteiger partial charge in [-0.3, -0.25) is 5.10 Å². The molecule has 4 heteroatoms. The van der Waals surface area contributed by atoms with Crippen LogP contribution in [0.3, 0.4) is 0 Å². The zero-order chi connectivity index (χ0) is 16.6. The molecular formula is C20H20N4. The van der Waals surface area contributed by atoms with E-state index in [1.165, 1.54) is 11.1 Å². The maximum atomic E-state index is 4.72. The van der Waals surface area contributed by atoms with E-state index in [2.05, 4.69) is 78.0 Å². The van der Waals surface area contributed by atoms with E-state index in [1.807, 2.05) is 12.3 Å². The van der Waals surface area contributed by atoms with Crippen LogP contribution in [-0.4, -0.2) is 21.4 Å². The summed E-state index contributed by atoms with van der Waals surface area (Å²) in [4.78, 5) is 0. The molecule has 0 bridgehead atoms. The van der Waals surface area contributed by atoms with Crippen molar-refractivity contribution in [2.45, 2.75) is 25.8 Å². The molecule has 0 radical (unpaired) electrons.